The number of carbonyl (C=O) groups excluding carboxylic acids is 1. The lowest BCUT2D eigenvalue weighted by Crippen LogP contribution is -2.30. The molecule has 0 fully saturated rings. The molecule has 180 valence electrons. The number of hydrazone groups is 1. The normalized spacial score (nSPS) is 11.5. The van der Waals surface area contributed by atoms with Crippen LogP contribution in [0.4, 0.5) is 5.69 Å². The molecule has 0 spiro atoms. The summed E-state index contributed by atoms with van der Waals surface area (Å²) in [4.78, 5) is 13.1. The van der Waals surface area contributed by atoms with Crippen LogP contribution >= 0.6 is 31.9 Å². The Morgan fingerprint density at radius 3 is 2.26 bits per heavy atom. The van der Waals surface area contributed by atoms with Crippen molar-refractivity contribution in [3.63, 3.8) is 0 Å². The van der Waals surface area contributed by atoms with Crippen LogP contribution in [0.15, 0.2) is 92.9 Å². The monoisotopic (exact) mass is 597 g/mol. The molecule has 1 unspecified atom stereocenters. The lowest BCUT2D eigenvalue weighted by molar-refractivity contribution is -0.121. The van der Waals surface area contributed by atoms with Crippen LogP contribution in [0.5, 0.6) is 11.5 Å². The molecule has 0 heterocycles. The molecule has 6 nitrogen and oxygen atoms in total. The molecule has 4 aromatic carbocycles. The average molecular weight is 599 g/mol. The van der Waals surface area contributed by atoms with Crippen molar-refractivity contribution in [2.24, 2.45) is 5.10 Å². The number of amides is 1. The van der Waals surface area contributed by atoms with Gasteiger partial charge in [-0.3, -0.25) is 4.79 Å². The standard InChI is InChI=1S/C25H19Br2N3O3.C2H6/c26-20-13-18(23(31)21(27)24(20)32)14-28-30-25(33)22(16-7-2-1-3-8-16)29-19-11-10-15-6-4-5-9-17(15)12-19;1-2/h1-14,22,29,31-32H,(H,30,33);1-2H3/b28-14-;. The van der Waals surface area contributed by atoms with Crippen molar-refractivity contribution in [1.29, 1.82) is 0 Å². The molecule has 0 aromatic heterocycles. The number of halogens is 2. The number of fused-ring (bicyclic) bond motifs is 1. The maximum absolute atomic E-state index is 13.1. The van der Waals surface area contributed by atoms with Crippen LogP contribution in [0.25, 0.3) is 10.8 Å². The van der Waals surface area contributed by atoms with Crippen LogP contribution in [-0.4, -0.2) is 22.3 Å². The number of anilines is 1. The first-order valence-corrected chi connectivity index (χ1v) is 12.6. The fraction of sp³-hybridized carbons (Fsp3) is 0.111. The number of hydrogen-bond donors (Lipinski definition) is 4. The molecule has 4 N–H and O–H groups in total. The fourth-order valence-electron chi connectivity index (χ4n) is 3.34. The molecular weight excluding hydrogens is 574 g/mol. The van der Waals surface area contributed by atoms with E-state index in [2.05, 4.69) is 47.7 Å². The maximum atomic E-state index is 13.1. The van der Waals surface area contributed by atoms with Gasteiger partial charge in [0.15, 0.2) is 0 Å². The van der Waals surface area contributed by atoms with Crippen LogP contribution in [0.3, 0.4) is 0 Å². The van der Waals surface area contributed by atoms with Crippen molar-refractivity contribution in [1.82, 2.24) is 5.43 Å². The summed E-state index contributed by atoms with van der Waals surface area (Å²) in [5.41, 5.74) is 4.41. The highest BCUT2D eigenvalue weighted by molar-refractivity contribution is 9.11. The predicted octanol–water partition coefficient (Wildman–Crippen LogP) is 7.11. The van der Waals surface area contributed by atoms with Gasteiger partial charge in [0, 0.05) is 11.3 Å². The molecule has 4 aromatic rings. The molecule has 0 radical (unpaired) electrons. The number of phenolic OH excluding ortho intramolecular Hbond substituents is 2. The summed E-state index contributed by atoms with van der Waals surface area (Å²) < 4.78 is 0.505. The SMILES string of the molecule is CC.O=C(N/N=C\c1cc(Br)c(O)c(Br)c1O)C(Nc1ccc2ccccc2c1)c1ccccc1. The Balaban J connectivity index is 0.00000167. The van der Waals surface area contributed by atoms with Crippen molar-refractivity contribution < 1.29 is 15.0 Å². The Kier molecular flexibility index (Phi) is 9.28. The van der Waals surface area contributed by atoms with Crippen molar-refractivity contribution in [3.05, 3.63) is 98.9 Å². The van der Waals surface area contributed by atoms with Gasteiger partial charge in [-0.25, -0.2) is 5.43 Å². The Bertz CT molecular complexity index is 1340. The zero-order valence-electron chi connectivity index (χ0n) is 19.2. The molecule has 1 atom stereocenters. The van der Waals surface area contributed by atoms with Gasteiger partial charge in [-0.05, 0) is 66.4 Å². The molecule has 0 aliphatic heterocycles. The largest absolute Gasteiger partial charge is 0.506 e. The van der Waals surface area contributed by atoms with Crippen molar-refractivity contribution in [3.8, 4) is 11.5 Å². The number of benzene rings is 4. The third kappa shape index (κ3) is 6.41. The number of hydrogen-bond acceptors (Lipinski definition) is 5. The summed E-state index contributed by atoms with van der Waals surface area (Å²) in [7, 11) is 0. The topological polar surface area (TPSA) is 94.0 Å². The predicted molar refractivity (Wildman–Crippen MR) is 149 cm³/mol. The molecule has 0 aliphatic carbocycles. The summed E-state index contributed by atoms with van der Waals surface area (Å²) >= 11 is 6.33. The second-order valence-corrected chi connectivity index (χ2v) is 8.89. The van der Waals surface area contributed by atoms with Crippen LogP contribution in [0.2, 0.25) is 0 Å². The highest BCUT2D eigenvalue weighted by atomic mass is 79.9. The van der Waals surface area contributed by atoms with E-state index in [-0.39, 0.29) is 21.9 Å². The van der Waals surface area contributed by atoms with Gasteiger partial charge < -0.3 is 15.5 Å². The van der Waals surface area contributed by atoms with Gasteiger partial charge in [0.2, 0.25) is 0 Å². The average Bonchev–Trinajstić information content (AvgIpc) is 2.90. The molecule has 0 saturated carbocycles. The van der Waals surface area contributed by atoms with Crippen LogP contribution in [0, 0.1) is 0 Å². The van der Waals surface area contributed by atoms with Crippen molar-refractivity contribution in [2.45, 2.75) is 19.9 Å². The summed E-state index contributed by atoms with van der Waals surface area (Å²) in [5.74, 6) is -0.693. The molecule has 0 aliphatic rings. The molecule has 0 bridgehead atoms. The highest BCUT2D eigenvalue weighted by Gasteiger charge is 2.20. The zero-order valence-corrected chi connectivity index (χ0v) is 22.3. The Hall–Kier alpha value is -3.36. The fourth-order valence-corrected chi connectivity index (χ4v) is 4.49. The number of carbonyl (C=O) groups is 1. The lowest BCUT2D eigenvalue weighted by atomic mass is 10.0. The van der Waals surface area contributed by atoms with E-state index in [0.717, 1.165) is 22.0 Å². The molecule has 8 heteroatoms. The van der Waals surface area contributed by atoms with Gasteiger partial charge in [0.05, 0.1) is 10.7 Å². The second kappa shape index (κ2) is 12.4. The van der Waals surface area contributed by atoms with Gasteiger partial charge in [-0.15, -0.1) is 0 Å². The van der Waals surface area contributed by atoms with E-state index < -0.39 is 6.04 Å². The third-order valence-electron chi connectivity index (χ3n) is 5.03. The molecule has 4 rings (SSSR count). The smallest absolute Gasteiger partial charge is 0.267 e. The second-order valence-electron chi connectivity index (χ2n) is 7.24. The van der Waals surface area contributed by atoms with E-state index in [9.17, 15) is 15.0 Å². The Labute approximate surface area is 221 Å². The minimum atomic E-state index is -0.698. The number of phenols is 2. The third-order valence-corrected chi connectivity index (χ3v) is 6.39. The number of rotatable bonds is 6. The minimum Gasteiger partial charge on any atom is -0.506 e. The Morgan fingerprint density at radius 1 is 0.886 bits per heavy atom. The highest BCUT2D eigenvalue weighted by Crippen LogP contribution is 2.40. The van der Waals surface area contributed by atoms with E-state index >= 15 is 0 Å². The maximum Gasteiger partial charge on any atom is 0.267 e. The molecule has 35 heavy (non-hydrogen) atoms. The van der Waals surface area contributed by atoms with Crippen molar-refractivity contribution in [2.75, 3.05) is 5.32 Å². The van der Waals surface area contributed by atoms with E-state index in [1.807, 2.05) is 86.6 Å². The van der Waals surface area contributed by atoms with Crippen LogP contribution < -0.4 is 10.7 Å². The zero-order chi connectivity index (χ0) is 25.4. The van der Waals surface area contributed by atoms with Crippen molar-refractivity contribution >= 4 is 60.4 Å². The Morgan fingerprint density at radius 2 is 1.54 bits per heavy atom. The lowest BCUT2D eigenvalue weighted by Gasteiger charge is -2.19. The van der Waals surface area contributed by atoms with E-state index in [4.69, 9.17) is 0 Å². The van der Waals surface area contributed by atoms with Crippen LogP contribution in [0.1, 0.15) is 31.0 Å². The van der Waals surface area contributed by atoms with E-state index in [1.54, 1.807) is 0 Å². The van der Waals surface area contributed by atoms with Gasteiger partial charge in [0.1, 0.15) is 22.0 Å². The summed E-state index contributed by atoms with van der Waals surface area (Å²) in [5, 5.41) is 29.5. The molecule has 0 saturated heterocycles. The summed E-state index contributed by atoms with van der Waals surface area (Å²) in [6.07, 6.45) is 1.31. The van der Waals surface area contributed by atoms with Gasteiger partial charge >= 0.3 is 0 Å². The van der Waals surface area contributed by atoms with Crippen LogP contribution in [-0.2, 0) is 4.79 Å². The summed E-state index contributed by atoms with van der Waals surface area (Å²) in [6, 6.07) is 24.1. The number of aromatic hydroxyl groups is 2. The van der Waals surface area contributed by atoms with Gasteiger partial charge in [-0.1, -0.05) is 74.5 Å². The first-order chi connectivity index (χ1) is 16.9. The first kappa shape index (κ1) is 26.2. The van der Waals surface area contributed by atoms with Gasteiger partial charge in [-0.2, -0.15) is 5.10 Å². The van der Waals surface area contributed by atoms with Gasteiger partial charge in [0.25, 0.3) is 5.91 Å². The molecule has 1 amide bonds. The first-order valence-electron chi connectivity index (χ1n) is 11.0. The van der Waals surface area contributed by atoms with E-state index in [1.165, 1.54) is 12.3 Å². The number of nitrogens with zero attached hydrogens (tertiary/aromatic N) is 1. The number of nitrogens with one attached hydrogen (secondary N) is 2. The van der Waals surface area contributed by atoms with E-state index in [0.29, 0.717) is 10.0 Å². The quantitative estimate of drug-likeness (QED) is 0.141. The minimum absolute atomic E-state index is 0.127. The molecular formula is C27H25Br2N3O3. The summed E-state index contributed by atoms with van der Waals surface area (Å²) in [6.45, 7) is 4.00.